The van der Waals surface area contributed by atoms with E-state index in [4.69, 9.17) is 4.74 Å². The normalized spacial score (nSPS) is 11.1. The lowest BCUT2D eigenvalue weighted by molar-refractivity contribution is 0.231. The number of hydrogen-bond donors (Lipinski definition) is 0. The van der Waals surface area contributed by atoms with Crippen LogP contribution in [0.5, 0.6) is 0 Å². The van der Waals surface area contributed by atoms with Gasteiger partial charge in [-0.25, -0.2) is 0 Å². The van der Waals surface area contributed by atoms with Crippen molar-refractivity contribution < 1.29 is 4.74 Å². The number of rotatable bonds is 5. The fraction of sp³-hybridized carbons (Fsp3) is 0.250. The lowest BCUT2D eigenvalue weighted by Crippen LogP contribution is -1.88. The predicted molar refractivity (Wildman–Crippen MR) is 47.9 cm³/mol. The summed E-state index contributed by atoms with van der Waals surface area (Å²) >= 11 is 1.55. The Labute approximate surface area is 66.5 Å². The topological polar surface area (TPSA) is 9.23 Å². The largest absolute Gasteiger partial charge is 0.379 e. The van der Waals surface area contributed by atoms with E-state index in [0.717, 1.165) is 4.91 Å². The van der Waals surface area contributed by atoms with E-state index >= 15 is 0 Å². The zero-order valence-electron chi connectivity index (χ0n) is 6.17. The summed E-state index contributed by atoms with van der Waals surface area (Å²) in [6.07, 6.45) is 3.65. The van der Waals surface area contributed by atoms with E-state index in [2.05, 4.69) is 13.2 Å². The number of ether oxygens (including phenoxy) is 1. The summed E-state index contributed by atoms with van der Waals surface area (Å²) < 4.78 is 4.92. The van der Waals surface area contributed by atoms with Crippen molar-refractivity contribution in [3.8, 4) is 0 Å². The monoisotopic (exact) mass is 156 g/mol. The molecule has 0 N–H and O–H groups in total. The molecule has 2 heteroatoms. The highest BCUT2D eigenvalue weighted by Crippen LogP contribution is 2.15. The number of thioether (sulfide) groups is 1. The van der Waals surface area contributed by atoms with Gasteiger partial charge in [0.25, 0.3) is 0 Å². The van der Waals surface area contributed by atoms with Gasteiger partial charge >= 0.3 is 0 Å². The first-order valence-electron chi connectivity index (χ1n) is 2.93. The van der Waals surface area contributed by atoms with Gasteiger partial charge in [-0.15, -0.1) is 11.8 Å². The van der Waals surface area contributed by atoms with E-state index in [9.17, 15) is 0 Å². The molecule has 0 aliphatic carbocycles. The van der Waals surface area contributed by atoms with Crippen molar-refractivity contribution in [2.24, 2.45) is 0 Å². The Morgan fingerprint density at radius 1 is 1.60 bits per heavy atom. The van der Waals surface area contributed by atoms with Crippen LogP contribution in [-0.4, -0.2) is 13.7 Å². The quantitative estimate of drug-likeness (QED) is 0.566. The summed E-state index contributed by atoms with van der Waals surface area (Å²) in [6, 6.07) is 0. The second kappa shape index (κ2) is 6.65. The molecular formula is C8H12OS. The number of allylic oxidation sites excluding steroid dienone is 2. The molecule has 0 aliphatic heterocycles. The van der Waals surface area contributed by atoms with E-state index in [1.165, 1.54) is 0 Å². The molecule has 1 nitrogen and oxygen atoms in total. The highest BCUT2D eigenvalue weighted by atomic mass is 32.2. The molecule has 0 fully saturated rings. The zero-order valence-corrected chi connectivity index (χ0v) is 6.99. The predicted octanol–water partition coefficient (Wildman–Crippen LogP) is 2.58. The molecular weight excluding hydrogens is 144 g/mol. The van der Waals surface area contributed by atoms with E-state index in [1.807, 2.05) is 6.08 Å². The molecule has 0 aromatic heterocycles. The highest BCUT2D eigenvalue weighted by Gasteiger charge is 1.90. The molecule has 0 spiro atoms. The van der Waals surface area contributed by atoms with Crippen molar-refractivity contribution in [3.63, 3.8) is 0 Å². The van der Waals surface area contributed by atoms with Crippen molar-refractivity contribution >= 4 is 11.8 Å². The Morgan fingerprint density at radius 2 is 2.30 bits per heavy atom. The minimum atomic E-state index is 0.628. The van der Waals surface area contributed by atoms with Gasteiger partial charge in [0.1, 0.15) is 0 Å². The summed E-state index contributed by atoms with van der Waals surface area (Å²) in [6.45, 7) is 7.81. The minimum absolute atomic E-state index is 0.628. The maximum absolute atomic E-state index is 4.92. The first kappa shape index (κ1) is 9.53. The summed E-state index contributed by atoms with van der Waals surface area (Å²) in [5.74, 6) is 0. The fourth-order valence-electron chi connectivity index (χ4n) is 0.502. The van der Waals surface area contributed by atoms with Crippen LogP contribution in [0.15, 0.2) is 35.6 Å². The molecule has 0 radical (unpaired) electrons. The van der Waals surface area contributed by atoms with E-state index in [1.54, 1.807) is 30.4 Å². The van der Waals surface area contributed by atoms with Crippen molar-refractivity contribution in [3.05, 3.63) is 35.6 Å². The Hall–Kier alpha value is -0.470. The molecule has 10 heavy (non-hydrogen) atoms. The lowest BCUT2D eigenvalue weighted by atomic mass is 10.5. The molecule has 0 atom stereocenters. The first-order chi connectivity index (χ1) is 4.85. The molecule has 0 saturated carbocycles. The summed E-state index contributed by atoms with van der Waals surface area (Å²) in [7, 11) is 1.67. The minimum Gasteiger partial charge on any atom is -0.379 e. The van der Waals surface area contributed by atoms with Gasteiger partial charge in [-0.3, -0.25) is 0 Å². The maximum Gasteiger partial charge on any atom is 0.0775 e. The third-order valence-electron chi connectivity index (χ3n) is 0.825. The van der Waals surface area contributed by atoms with Gasteiger partial charge < -0.3 is 4.74 Å². The van der Waals surface area contributed by atoms with Crippen molar-refractivity contribution in [2.45, 2.75) is 0 Å². The Bertz CT molecular complexity index is 138. The molecule has 0 heterocycles. The second-order valence-electron chi connectivity index (χ2n) is 1.59. The molecule has 0 bridgehead atoms. The first-order valence-corrected chi connectivity index (χ1v) is 3.81. The SMILES string of the molecule is C=C/C=C(/COC)SC=C. The van der Waals surface area contributed by atoms with Crippen LogP contribution < -0.4 is 0 Å². The van der Waals surface area contributed by atoms with Crippen molar-refractivity contribution in [1.29, 1.82) is 0 Å². The molecule has 0 saturated heterocycles. The molecule has 0 amide bonds. The smallest absolute Gasteiger partial charge is 0.0775 e. The van der Waals surface area contributed by atoms with Gasteiger partial charge in [0.2, 0.25) is 0 Å². The molecule has 56 valence electrons. The molecule has 0 aromatic rings. The van der Waals surface area contributed by atoms with E-state index in [-0.39, 0.29) is 0 Å². The highest BCUT2D eigenvalue weighted by molar-refractivity contribution is 8.05. The molecule has 0 unspecified atom stereocenters. The third kappa shape index (κ3) is 4.41. The van der Waals surface area contributed by atoms with Crippen LogP contribution in [0.2, 0.25) is 0 Å². The van der Waals surface area contributed by atoms with Gasteiger partial charge in [-0.2, -0.15) is 0 Å². The lowest BCUT2D eigenvalue weighted by Gasteiger charge is -1.99. The zero-order chi connectivity index (χ0) is 7.82. The summed E-state index contributed by atoms with van der Waals surface area (Å²) in [5, 5.41) is 1.77. The molecule has 0 aliphatic rings. The molecule has 0 aromatic carbocycles. The van der Waals surface area contributed by atoms with Gasteiger partial charge in [0.15, 0.2) is 0 Å². The van der Waals surface area contributed by atoms with Crippen LogP contribution in [0.25, 0.3) is 0 Å². The van der Waals surface area contributed by atoms with Crippen LogP contribution in [-0.2, 0) is 4.74 Å². The Kier molecular flexibility index (Phi) is 6.33. The van der Waals surface area contributed by atoms with Crippen molar-refractivity contribution in [2.75, 3.05) is 13.7 Å². The van der Waals surface area contributed by atoms with Gasteiger partial charge in [-0.05, 0) is 5.41 Å². The van der Waals surface area contributed by atoms with Crippen LogP contribution >= 0.6 is 11.8 Å². The number of methoxy groups -OCH3 is 1. The summed E-state index contributed by atoms with van der Waals surface area (Å²) in [5.41, 5.74) is 0. The number of hydrogen-bond acceptors (Lipinski definition) is 2. The van der Waals surface area contributed by atoms with Crippen molar-refractivity contribution in [1.82, 2.24) is 0 Å². The molecule has 0 rings (SSSR count). The Balaban J connectivity index is 3.82. The van der Waals surface area contributed by atoms with Crippen LogP contribution in [0, 0.1) is 0 Å². The fourth-order valence-corrected chi connectivity index (χ4v) is 1.08. The van der Waals surface area contributed by atoms with Gasteiger partial charge in [-0.1, -0.05) is 25.3 Å². The standard InChI is InChI=1S/C8H12OS/c1-4-6-8(7-9-3)10-5-2/h4-6H,1-2,7H2,3H3/b8-6-. The Morgan fingerprint density at radius 3 is 2.70 bits per heavy atom. The van der Waals surface area contributed by atoms with Crippen LogP contribution in [0.3, 0.4) is 0 Å². The van der Waals surface area contributed by atoms with Gasteiger partial charge in [0.05, 0.1) is 6.61 Å². The van der Waals surface area contributed by atoms with E-state index in [0.29, 0.717) is 6.61 Å². The van der Waals surface area contributed by atoms with Gasteiger partial charge in [0, 0.05) is 12.0 Å². The average Bonchev–Trinajstić information content (AvgIpc) is 1.90. The van der Waals surface area contributed by atoms with Crippen LogP contribution in [0.1, 0.15) is 0 Å². The maximum atomic E-state index is 4.92. The average molecular weight is 156 g/mol. The summed E-state index contributed by atoms with van der Waals surface area (Å²) in [4.78, 5) is 1.12. The van der Waals surface area contributed by atoms with Crippen LogP contribution in [0.4, 0.5) is 0 Å². The van der Waals surface area contributed by atoms with E-state index < -0.39 is 0 Å². The third-order valence-corrected chi connectivity index (χ3v) is 1.55. The second-order valence-corrected chi connectivity index (χ2v) is 2.68.